The van der Waals surface area contributed by atoms with Gasteiger partial charge >= 0.3 is 0 Å². The van der Waals surface area contributed by atoms with E-state index in [-0.39, 0.29) is 17.4 Å². The Kier molecular flexibility index (Phi) is 3.76. The van der Waals surface area contributed by atoms with Gasteiger partial charge in [-0.25, -0.2) is 14.4 Å². The molecule has 1 aromatic carbocycles. The molecule has 0 radical (unpaired) electrons. The van der Waals surface area contributed by atoms with Gasteiger partial charge in [-0.15, -0.1) is 22.7 Å². The SMILES string of the molecule is Cc1nc(C(=O)Nc2nccs2)c(-c2ccccc2F)s1. The summed E-state index contributed by atoms with van der Waals surface area (Å²) in [4.78, 5) is 21.1. The largest absolute Gasteiger partial charge is 0.296 e. The van der Waals surface area contributed by atoms with Crippen LogP contribution in [0.25, 0.3) is 10.4 Å². The molecule has 0 spiro atoms. The van der Waals surface area contributed by atoms with Crippen LogP contribution in [0.4, 0.5) is 9.52 Å². The minimum atomic E-state index is -0.382. The lowest BCUT2D eigenvalue weighted by atomic mass is 10.1. The van der Waals surface area contributed by atoms with Crippen molar-refractivity contribution < 1.29 is 9.18 Å². The van der Waals surface area contributed by atoms with Gasteiger partial charge in [0.1, 0.15) is 11.5 Å². The number of thiazole rings is 2. The van der Waals surface area contributed by atoms with E-state index >= 15 is 0 Å². The lowest BCUT2D eigenvalue weighted by molar-refractivity contribution is 0.102. The summed E-state index contributed by atoms with van der Waals surface area (Å²) in [5.74, 6) is -0.753. The van der Waals surface area contributed by atoms with E-state index in [1.807, 2.05) is 0 Å². The first-order valence-electron chi connectivity index (χ1n) is 6.08. The van der Waals surface area contributed by atoms with Gasteiger partial charge in [-0.3, -0.25) is 10.1 Å². The number of aryl methyl sites for hydroxylation is 1. The molecule has 2 aromatic heterocycles. The second-order valence-electron chi connectivity index (χ2n) is 4.18. The number of hydrogen-bond acceptors (Lipinski definition) is 5. The summed E-state index contributed by atoms with van der Waals surface area (Å²) >= 11 is 2.61. The quantitative estimate of drug-likeness (QED) is 0.795. The molecule has 0 atom stereocenters. The first-order valence-corrected chi connectivity index (χ1v) is 7.78. The van der Waals surface area contributed by atoms with Crippen LogP contribution in [-0.2, 0) is 0 Å². The Morgan fingerprint density at radius 1 is 1.33 bits per heavy atom. The van der Waals surface area contributed by atoms with E-state index in [0.29, 0.717) is 20.6 Å². The highest BCUT2D eigenvalue weighted by Crippen LogP contribution is 2.32. The predicted octanol–water partition coefficient (Wildman–Crippen LogP) is 3.97. The number of nitrogens with one attached hydrogen (secondary N) is 1. The number of amides is 1. The summed E-state index contributed by atoms with van der Waals surface area (Å²) in [5, 5.41) is 5.63. The van der Waals surface area contributed by atoms with Gasteiger partial charge in [0.2, 0.25) is 0 Å². The number of halogens is 1. The van der Waals surface area contributed by atoms with Crippen molar-refractivity contribution in [1.29, 1.82) is 0 Å². The number of rotatable bonds is 3. The monoisotopic (exact) mass is 319 g/mol. The molecule has 7 heteroatoms. The van der Waals surface area contributed by atoms with E-state index in [1.165, 1.54) is 28.7 Å². The minimum absolute atomic E-state index is 0.220. The maximum absolute atomic E-state index is 13.9. The van der Waals surface area contributed by atoms with E-state index < -0.39 is 0 Å². The van der Waals surface area contributed by atoms with Gasteiger partial charge in [-0.05, 0) is 13.0 Å². The molecule has 21 heavy (non-hydrogen) atoms. The van der Waals surface area contributed by atoms with Crippen molar-refractivity contribution in [3.8, 4) is 10.4 Å². The third-order valence-electron chi connectivity index (χ3n) is 2.72. The zero-order chi connectivity index (χ0) is 14.8. The first-order chi connectivity index (χ1) is 10.1. The maximum Gasteiger partial charge on any atom is 0.277 e. The number of anilines is 1. The molecule has 0 bridgehead atoms. The Morgan fingerprint density at radius 2 is 2.14 bits per heavy atom. The van der Waals surface area contributed by atoms with E-state index in [9.17, 15) is 9.18 Å². The molecule has 0 saturated heterocycles. The normalized spacial score (nSPS) is 10.6. The topological polar surface area (TPSA) is 54.9 Å². The highest BCUT2D eigenvalue weighted by atomic mass is 32.1. The summed E-state index contributed by atoms with van der Waals surface area (Å²) in [5.41, 5.74) is 0.602. The fourth-order valence-electron chi connectivity index (χ4n) is 1.85. The lowest BCUT2D eigenvalue weighted by Crippen LogP contribution is -2.13. The molecule has 4 nitrogen and oxygen atoms in total. The highest BCUT2D eigenvalue weighted by molar-refractivity contribution is 7.15. The number of nitrogens with zero attached hydrogens (tertiary/aromatic N) is 2. The number of aromatic nitrogens is 2. The molecule has 0 aliphatic heterocycles. The standard InChI is InChI=1S/C14H10FN3OS2/c1-8-17-11(13(19)18-14-16-6-7-20-14)12(21-8)9-4-2-3-5-10(9)15/h2-7H,1H3,(H,16,18,19). The molecule has 2 heterocycles. The molecule has 0 unspecified atom stereocenters. The maximum atomic E-state index is 13.9. The molecule has 3 aromatic rings. The summed E-state index contributed by atoms with van der Waals surface area (Å²) < 4.78 is 13.9. The van der Waals surface area contributed by atoms with Crippen molar-refractivity contribution in [3.63, 3.8) is 0 Å². The van der Waals surface area contributed by atoms with Crippen molar-refractivity contribution in [2.24, 2.45) is 0 Å². The van der Waals surface area contributed by atoms with Crippen LogP contribution in [0.3, 0.4) is 0 Å². The van der Waals surface area contributed by atoms with Crippen LogP contribution in [-0.4, -0.2) is 15.9 Å². The van der Waals surface area contributed by atoms with Crippen molar-refractivity contribution >= 4 is 33.7 Å². The molecule has 1 amide bonds. The fourth-order valence-corrected chi connectivity index (χ4v) is 3.32. The zero-order valence-electron chi connectivity index (χ0n) is 11.0. The van der Waals surface area contributed by atoms with Crippen molar-refractivity contribution in [1.82, 2.24) is 9.97 Å². The third-order valence-corrected chi connectivity index (χ3v) is 4.41. The second kappa shape index (κ2) is 5.71. The average molecular weight is 319 g/mol. The molecule has 1 N–H and O–H groups in total. The molecular weight excluding hydrogens is 309 g/mol. The Bertz CT molecular complexity index is 783. The van der Waals surface area contributed by atoms with Crippen molar-refractivity contribution in [3.05, 3.63) is 52.4 Å². The number of benzene rings is 1. The first kappa shape index (κ1) is 13.8. The highest BCUT2D eigenvalue weighted by Gasteiger charge is 2.20. The van der Waals surface area contributed by atoms with Crippen LogP contribution < -0.4 is 5.32 Å². The molecule has 0 aliphatic rings. The Labute approximate surface area is 128 Å². The second-order valence-corrected chi connectivity index (χ2v) is 6.28. The summed E-state index contributed by atoms with van der Waals surface area (Å²) in [6.07, 6.45) is 1.60. The molecular formula is C14H10FN3OS2. The molecule has 0 saturated carbocycles. The van der Waals surface area contributed by atoms with Crippen molar-refractivity contribution in [2.75, 3.05) is 5.32 Å². The Hall–Kier alpha value is -2.12. The zero-order valence-corrected chi connectivity index (χ0v) is 12.6. The number of hydrogen-bond donors (Lipinski definition) is 1. The summed E-state index contributed by atoms with van der Waals surface area (Å²) in [6.45, 7) is 1.79. The Morgan fingerprint density at radius 3 is 2.86 bits per heavy atom. The number of carbonyl (C=O) groups is 1. The van der Waals surface area contributed by atoms with E-state index in [4.69, 9.17) is 0 Å². The van der Waals surface area contributed by atoms with Gasteiger partial charge in [0.15, 0.2) is 5.13 Å². The number of carbonyl (C=O) groups excluding carboxylic acids is 1. The van der Waals surface area contributed by atoms with Crippen LogP contribution in [0.5, 0.6) is 0 Å². The lowest BCUT2D eigenvalue weighted by Gasteiger charge is -2.03. The van der Waals surface area contributed by atoms with Gasteiger partial charge in [0, 0.05) is 17.1 Å². The molecule has 3 rings (SSSR count). The Balaban J connectivity index is 2.00. The average Bonchev–Trinajstić information content (AvgIpc) is 3.09. The molecule has 0 fully saturated rings. The fraction of sp³-hybridized carbons (Fsp3) is 0.0714. The minimum Gasteiger partial charge on any atom is -0.296 e. The van der Waals surface area contributed by atoms with Crippen LogP contribution in [0.2, 0.25) is 0 Å². The van der Waals surface area contributed by atoms with Gasteiger partial charge in [-0.1, -0.05) is 18.2 Å². The van der Waals surface area contributed by atoms with Gasteiger partial charge < -0.3 is 0 Å². The summed E-state index contributed by atoms with van der Waals surface area (Å²) in [7, 11) is 0. The summed E-state index contributed by atoms with van der Waals surface area (Å²) in [6, 6.07) is 6.35. The van der Waals surface area contributed by atoms with Crippen LogP contribution in [0, 0.1) is 12.7 Å². The van der Waals surface area contributed by atoms with E-state index in [0.717, 1.165) is 0 Å². The van der Waals surface area contributed by atoms with Gasteiger partial charge in [0.05, 0.1) is 9.88 Å². The smallest absolute Gasteiger partial charge is 0.277 e. The third kappa shape index (κ3) is 2.84. The van der Waals surface area contributed by atoms with Gasteiger partial charge in [0.25, 0.3) is 5.91 Å². The van der Waals surface area contributed by atoms with Gasteiger partial charge in [-0.2, -0.15) is 0 Å². The molecule has 0 aliphatic carbocycles. The van der Waals surface area contributed by atoms with Crippen LogP contribution in [0.15, 0.2) is 35.8 Å². The van der Waals surface area contributed by atoms with Crippen LogP contribution in [0.1, 0.15) is 15.5 Å². The van der Waals surface area contributed by atoms with E-state index in [2.05, 4.69) is 15.3 Å². The predicted molar refractivity (Wildman–Crippen MR) is 82.3 cm³/mol. The molecule has 106 valence electrons. The van der Waals surface area contributed by atoms with Crippen molar-refractivity contribution in [2.45, 2.75) is 6.92 Å². The van der Waals surface area contributed by atoms with E-state index in [1.54, 1.807) is 36.7 Å². The van der Waals surface area contributed by atoms with Crippen LogP contribution >= 0.6 is 22.7 Å².